The number of ether oxygens (including phenoxy) is 2. The Bertz CT molecular complexity index is 1620. The van der Waals surface area contributed by atoms with Gasteiger partial charge < -0.3 is 25.4 Å². The summed E-state index contributed by atoms with van der Waals surface area (Å²) in [5.41, 5.74) is 2.67. The molecule has 0 atom stereocenters. The fourth-order valence-corrected chi connectivity index (χ4v) is 4.59. The number of carbonyl (C=O) groups is 4. The van der Waals surface area contributed by atoms with Gasteiger partial charge in [0.1, 0.15) is 11.4 Å². The molecule has 0 radical (unpaired) electrons. The minimum absolute atomic E-state index is 0.0643. The molecule has 0 aliphatic carbocycles. The van der Waals surface area contributed by atoms with Gasteiger partial charge in [0.05, 0.1) is 25.0 Å². The molecule has 0 aromatic heterocycles. The summed E-state index contributed by atoms with van der Waals surface area (Å²) >= 11 is 1.33. The van der Waals surface area contributed by atoms with Crippen molar-refractivity contribution in [3.63, 3.8) is 0 Å². The van der Waals surface area contributed by atoms with Crippen molar-refractivity contribution in [2.45, 2.75) is 11.8 Å². The lowest BCUT2D eigenvalue weighted by molar-refractivity contribution is -0.114. The first-order valence-electron chi connectivity index (χ1n) is 13.7. The second kappa shape index (κ2) is 15.8. The van der Waals surface area contributed by atoms with Gasteiger partial charge in [0.15, 0.2) is 0 Å². The van der Waals surface area contributed by atoms with Crippen molar-refractivity contribution in [2.24, 2.45) is 0 Å². The number of anilines is 2. The van der Waals surface area contributed by atoms with E-state index in [1.807, 2.05) is 0 Å². The molecule has 0 saturated heterocycles. The molecule has 0 bridgehead atoms. The van der Waals surface area contributed by atoms with Crippen LogP contribution in [0.3, 0.4) is 0 Å². The molecule has 0 fully saturated rings. The van der Waals surface area contributed by atoms with Gasteiger partial charge in [-0.15, -0.1) is 11.8 Å². The number of nitrogens with one attached hydrogen (secondary N) is 3. The van der Waals surface area contributed by atoms with E-state index in [0.29, 0.717) is 33.8 Å². The van der Waals surface area contributed by atoms with Crippen LogP contribution in [0.1, 0.15) is 33.2 Å². The van der Waals surface area contributed by atoms with E-state index in [9.17, 15) is 19.2 Å². The van der Waals surface area contributed by atoms with Crippen LogP contribution in [-0.4, -0.2) is 43.2 Å². The first-order chi connectivity index (χ1) is 21.3. The number of hydrogen-bond donors (Lipinski definition) is 3. The molecule has 4 aromatic rings. The molecular formula is C34H31N3O6S. The number of esters is 1. The molecule has 3 amide bonds. The molecule has 9 nitrogen and oxygen atoms in total. The molecule has 0 unspecified atom stereocenters. The summed E-state index contributed by atoms with van der Waals surface area (Å²) in [6.45, 7) is 2.03. The maximum absolute atomic E-state index is 13.3. The van der Waals surface area contributed by atoms with Crippen molar-refractivity contribution in [1.82, 2.24) is 5.32 Å². The fourth-order valence-electron chi connectivity index (χ4n) is 3.89. The van der Waals surface area contributed by atoms with Crippen molar-refractivity contribution >= 4 is 52.9 Å². The first kappa shape index (κ1) is 31.6. The van der Waals surface area contributed by atoms with Gasteiger partial charge in [0.2, 0.25) is 5.91 Å². The van der Waals surface area contributed by atoms with Crippen LogP contribution in [0.25, 0.3) is 6.08 Å². The number of carbonyl (C=O) groups excluding carboxylic acids is 4. The Balaban J connectivity index is 1.36. The molecule has 4 rings (SSSR count). The summed E-state index contributed by atoms with van der Waals surface area (Å²) < 4.78 is 10.2. The zero-order valence-electron chi connectivity index (χ0n) is 24.2. The summed E-state index contributed by atoms with van der Waals surface area (Å²) in [5, 5.41) is 8.33. The second-order valence-corrected chi connectivity index (χ2v) is 10.3. The largest absolute Gasteiger partial charge is 0.497 e. The highest BCUT2D eigenvalue weighted by Gasteiger charge is 2.15. The SMILES string of the molecule is CCOC(=O)c1ccc(NC(=O)CSc2ccc(NC(=O)/C(=C/c3ccc(OC)cc3)NC(=O)c3ccccc3)cc2)cc1. The van der Waals surface area contributed by atoms with Gasteiger partial charge in [0, 0.05) is 21.8 Å². The quantitative estimate of drug-likeness (QED) is 0.102. The average Bonchev–Trinajstić information content (AvgIpc) is 3.05. The number of thioether (sulfide) groups is 1. The molecule has 10 heteroatoms. The van der Waals surface area contributed by atoms with Gasteiger partial charge >= 0.3 is 5.97 Å². The van der Waals surface area contributed by atoms with Crippen molar-refractivity contribution in [2.75, 3.05) is 30.1 Å². The van der Waals surface area contributed by atoms with Gasteiger partial charge in [-0.1, -0.05) is 30.3 Å². The Morgan fingerprint density at radius 2 is 1.39 bits per heavy atom. The number of rotatable bonds is 12. The summed E-state index contributed by atoms with van der Waals surface area (Å²) in [6, 6.07) is 29.2. The lowest BCUT2D eigenvalue weighted by Crippen LogP contribution is -2.30. The summed E-state index contributed by atoms with van der Waals surface area (Å²) in [4.78, 5) is 51.2. The predicted molar refractivity (Wildman–Crippen MR) is 172 cm³/mol. The Morgan fingerprint density at radius 3 is 2.02 bits per heavy atom. The van der Waals surface area contributed by atoms with Crippen LogP contribution in [-0.2, 0) is 14.3 Å². The van der Waals surface area contributed by atoms with Gasteiger partial charge in [-0.3, -0.25) is 14.4 Å². The Labute approximate surface area is 259 Å². The highest BCUT2D eigenvalue weighted by molar-refractivity contribution is 8.00. The van der Waals surface area contributed by atoms with Crippen molar-refractivity contribution in [1.29, 1.82) is 0 Å². The molecule has 4 aromatic carbocycles. The Hall–Kier alpha value is -5.35. The summed E-state index contributed by atoms with van der Waals surface area (Å²) in [5.74, 6) is -0.715. The molecule has 0 heterocycles. The standard InChI is InChI=1S/C34H31N3O6S/c1-3-43-34(41)25-11-13-26(14-12-25)35-31(38)22-44-29-19-15-27(16-20-29)36-33(40)30(21-23-9-17-28(42-2)18-10-23)37-32(39)24-7-5-4-6-8-24/h4-21H,3,22H2,1-2H3,(H,35,38)(H,36,40)(H,37,39)/b30-21-. The number of methoxy groups -OCH3 is 1. The van der Waals surface area contributed by atoms with E-state index < -0.39 is 17.8 Å². The molecule has 224 valence electrons. The van der Waals surface area contributed by atoms with Crippen LogP contribution in [0.15, 0.2) is 114 Å². The Kier molecular flexibility index (Phi) is 11.3. The van der Waals surface area contributed by atoms with Crippen LogP contribution >= 0.6 is 11.8 Å². The van der Waals surface area contributed by atoms with Crippen molar-refractivity contribution in [3.8, 4) is 5.75 Å². The topological polar surface area (TPSA) is 123 Å². The molecule has 0 spiro atoms. The normalized spacial score (nSPS) is 10.8. The van der Waals surface area contributed by atoms with Crippen molar-refractivity contribution < 1.29 is 28.7 Å². The third-order valence-corrected chi connectivity index (χ3v) is 7.13. The number of hydrogen-bond acceptors (Lipinski definition) is 7. The minimum atomic E-state index is -0.501. The van der Waals surface area contributed by atoms with Crippen LogP contribution in [0.2, 0.25) is 0 Å². The molecule has 3 N–H and O–H groups in total. The molecule has 0 aliphatic rings. The fraction of sp³-hybridized carbons (Fsp3) is 0.118. The lowest BCUT2D eigenvalue weighted by atomic mass is 10.1. The van der Waals surface area contributed by atoms with Gasteiger partial charge in [-0.2, -0.15) is 0 Å². The van der Waals surface area contributed by atoms with Gasteiger partial charge in [-0.25, -0.2) is 4.79 Å². The van der Waals surface area contributed by atoms with Crippen LogP contribution in [0.4, 0.5) is 11.4 Å². The lowest BCUT2D eigenvalue weighted by Gasteiger charge is -2.12. The molecule has 44 heavy (non-hydrogen) atoms. The summed E-state index contributed by atoms with van der Waals surface area (Å²) in [6.07, 6.45) is 1.59. The van der Waals surface area contributed by atoms with Crippen LogP contribution in [0.5, 0.6) is 5.75 Å². The van der Waals surface area contributed by atoms with Gasteiger partial charge in [-0.05, 0) is 91.4 Å². The number of benzene rings is 4. The van der Waals surface area contributed by atoms with E-state index in [0.717, 1.165) is 4.90 Å². The van der Waals surface area contributed by atoms with E-state index in [4.69, 9.17) is 9.47 Å². The van der Waals surface area contributed by atoms with E-state index in [-0.39, 0.29) is 24.0 Å². The van der Waals surface area contributed by atoms with Crippen LogP contribution in [0, 0.1) is 0 Å². The Morgan fingerprint density at radius 1 is 0.750 bits per heavy atom. The highest BCUT2D eigenvalue weighted by Crippen LogP contribution is 2.22. The summed E-state index contributed by atoms with van der Waals surface area (Å²) in [7, 11) is 1.57. The van der Waals surface area contributed by atoms with E-state index in [1.165, 1.54) is 11.8 Å². The molecular weight excluding hydrogens is 578 g/mol. The third-order valence-electron chi connectivity index (χ3n) is 6.12. The number of amides is 3. The van der Waals surface area contributed by atoms with Crippen LogP contribution < -0.4 is 20.7 Å². The predicted octanol–water partition coefficient (Wildman–Crippen LogP) is 6.01. The minimum Gasteiger partial charge on any atom is -0.497 e. The van der Waals surface area contributed by atoms with E-state index in [1.54, 1.807) is 123 Å². The second-order valence-electron chi connectivity index (χ2n) is 9.26. The molecule has 0 aliphatic heterocycles. The van der Waals surface area contributed by atoms with E-state index in [2.05, 4.69) is 16.0 Å². The highest BCUT2D eigenvalue weighted by atomic mass is 32.2. The first-order valence-corrected chi connectivity index (χ1v) is 14.7. The van der Waals surface area contributed by atoms with E-state index >= 15 is 0 Å². The maximum Gasteiger partial charge on any atom is 0.338 e. The zero-order valence-corrected chi connectivity index (χ0v) is 25.0. The third kappa shape index (κ3) is 9.33. The zero-order chi connectivity index (χ0) is 31.3. The average molecular weight is 610 g/mol. The maximum atomic E-state index is 13.3. The smallest absolute Gasteiger partial charge is 0.338 e. The van der Waals surface area contributed by atoms with Crippen molar-refractivity contribution in [3.05, 3.63) is 126 Å². The molecule has 0 saturated carbocycles. The van der Waals surface area contributed by atoms with Gasteiger partial charge in [0.25, 0.3) is 11.8 Å². The monoisotopic (exact) mass is 609 g/mol.